The number of nitrogens with zero attached hydrogens (tertiary/aromatic N) is 1. The van der Waals surface area contributed by atoms with E-state index in [2.05, 4.69) is 9.69 Å². The van der Waals surface area contributed by atoms with Crippen molar-refractivity contribution in [2.45, 2.75) is 13.3 Å². The molecule has 0 amide bonds. The van der Waals surface area contributed by atoms with Crippen molar-refractivity contribution in [1.29, 1.82) is 0 Å². The minimum Gasteiger partial charge on any atom is -0.478 e. The van der Waals surface area contributed by atoms with Crippen molar-refractivity contribution in [3.8, 4) is 0 Å². The van der Waals surface area contributed by atoms with Crippen molar-refractivity contribution in [2.24, 2.45) is 5.92 Å². The highest BCUT2D eigenvalue weighted by atomic mass is 32.1. The third-order valence-electron chi connectivity index (χ3n) is 2.65. The first kappa shape index (κ1) is 11.3. The largest absolute Gasteiger partial charge is 0.478 e. The molecule has 0 saturated carbocycles. The number of nitrogens with one attached hydrogen (secondary N) is 1. The van der Waals surface area contributed by atoms with Gasteiger partial charge in [-0.1, -0.05) is 0 Å². The zero-order chi connectivity index (χ0) is 11.5. The van der Waals surface area contributed by atoms with Gasteiger partial charge in [0, 0.05) is 19.1 Å². The molecule has 1 aromatic heterocycles. The first-order valence-corrected chi connectivity index (χ1v) is 5.97. The third-order valence-corrected chi connectivity index (χ3v) is 3.55. The predicted molar refractivity (Wildman–Crippen MR) is 61.2 cm³/mol. The summed E-state index contributed by atoms with van der Waals surface area (Å²) in [5, 5.41) is 12.8. The van der Waals surface area contributed by atoms with Gasteiger partial charge < -0.3 is 15.2 Å². The highest BCUT2D eigenvalue weighted by molar-refractivity contribution is 7.10. The second kappa shape index (κ2) is 4.80. The van der Waals surface area contributed by atoms with Gasteiger partial charge in [0.15, 0.2) is 0 Å². The highest BCUT2D eigenvalue weighted by Crippen LogP contribution is 2.25. The minimum atomic E-state index is -0.920. The van der Waals surface area contributed by atoms with Crippen LogP contribution in [0.4, 0.5) is 5.00 Å². The van der Waals surface area contributed by atoms with E-state index in [0.29, 0.717) is 22.2 Å². The lowest BCUT2D eigenvalue weighted by molar-refractivity contribution is 0.0697. The second-order valence-corrected chi connectivity index (χ2v) is 4.66. The fraction of sp³-hybridized carbons (Fsp3) is 0.600. The number of hydrogen-bond donors (Lipinski definition) is 2. The first-order chi connectivity index (χ1) is 7.68. The van der Waals surface area contributed by atoms with Gasteiger partial charge in [-0.25, -0.2) is 4.79 Å². The van der Waals surface area contributed by atoms with Gasteiger partial charge in [0.2, 0.25) is 0 Å². The lowest BCUT2D eigenvalue weighted by atomic mass is 10.1. The minimum absolute atomic E-state index is 0.295. The molecule has 1 unspecified atom stereocenters. The zero-order valence-electron chi connectivity index (χ0n) is 9.02. The Balaban J connectivity index is 2.00. The monoisotopic (exact) mass is 242 g/mol. The number of carboxylic acids is 1. The van der Waals surface area contributed by atoms with Gasteiger partial charge >= 0.3 is 5.97 Å². The summed E-state index contributed by atoms with van der Waals surface area (Å²) in [6.45, 7) is 4.03. The van der Waals surface area contributed by atoms with Crippen molar-refractivity contribution in [3.05, 3.63) is 11.3 Å². The number of aryl methyl sites for hydroxylation is 1. The zero-order valence-corrected chi connectivity index (χ0v) is 9.84. The van der Waals surface area contributed by atoms with Crippen molar-refractivity contribution in [3.63, 3.8) is 0 Å². The van der Waals surface area contributed by atoms with Crippen LogP contribution in [0.15, 0.2) is 0 Å². The van der Waals surface area contributed by atoms with Crippen LogP contribution in [0, 0.1) is 12.8 Å². The number of hydrogen-bond acceptors (Lipinski definition) is 5. The summed E-state index contributed by atoms with van der Waals surface area (Å²) in [5.41, 5.74) is 0.867. The number of ether oxygens (including phenoxy) is 1. The van der Waals surface area contributed by atoms with Crippen LogP contribution in [0.5, 0.6) is 0 Å². The molecule has 2 N–H and O–H groups in total. The molecular formula is C10H14N2O3S. The summed E-state index contributed by atoms with van der Waals surface area (Å²) in [5.74, 6) is -0.444. The maximum absolute atomic E-state index is 11.0. The Labute approximate surface area is 97.6 Å². The fourth-order valence-electron chi connectivity index (χ4n) is 1.72. The van der Waals surface area contributed by atoms with Crippen LogP contribution in [0.25, 0.3) is 0 Å². The van der Waals surface area contributed by atoms with Crippen molar-refractivity contribution < 1.29 is 14.6 Å². The average Bonchev–Trinajstić information content (AvgIpc) is 2.83. The topological polar surface area (TPSA) is 71.5 Å². The average molecular weight is 242 g/mol. The number of carboxylic acid groups (broad SMARTS) is 1. The number of carbonyl (C=O) groups is 1. The molecule has 5 nitrogen and oxygen atoms in total. The van der Waals surface area contributed by atoms with Crippen LogP contribution in [-0.2, 0) is 4.74 Å². The maximum Gasteiger partial charge on any atom is 0.340 e. The molecule has 0 bridgehead atoms. The van der Waals surface area contributed by atoms with E-state index in [0.717, 1.165) is 26.2 Å². The Morgan fingerprint density at radius 2 is 2.56 bits per heavy atom. The predicted octanol–water partition coefficient (Wildman–Crippen LogP) is 1.60. The summed E-state index contributed by atoms with van der Waals surface area (Å²) >= 11 is 1.21. The van der Waals surface area contributed by atoms with E-state index >= 15 is 0 Å². The Bertz CT molecular complexity index is 385. The summed E-state index contributed by atoms with van der Waals surface area (Å²) in [6, 6.07) is 0. The number of rotatable bonds is 4. The van der Waals surface area contributed by atoms with E-state index in [-0.39, 0.29) is 0 Å². The number of aromatic carboxylic acids is 1. The fourth-order valence-corrected chi connectivity index (χ4v) is 2.52. The van der Waals surface area contributed by atoms with Crippen molar-refractivity contribution >= 4 is 22.5 Å². The lowest BCUT2D eigenvalue weighted by Gasteiger charge is -2.09. The molecule has 0 aliphatic carbocycles. The molecule has 1 saturated heterocycles. The molecule has 2 rings (SSSR count). The van der Waals surface area contributed by atoms with Crippen molar-refractivity contribution in [1.82, 2.24) is 4.37 Å². The van der Waals surface area contributed by atoms with Gasteiger partial charge in [0.05, 0.1) is 12.3 Å². The van der Waals surface area contributed by atoms with Crippen LogP contribution in [0.3, 0.4) is 0 Å². The summed E-state index contributed by atoms with van der Waals surface area (Å²) in [6.07, 6.45) is 1.03. The maximum atomic E-state index is 11.0. The van der Waals surface area contributed by atoms with Crippen LogP contribution in [0.2, 0.25) is 0 Å². The molecule has 0 spiro atoms. The van der Waals surface area contributed by atoms with E-state index in [1.54, 1.807) is 6.92 Å². The molecule has 1 aliphatic heterocycles. The second-order valence-electron chi connectivity index (χ2n) is 3.89. The lowest BCUT2D eigenvalue weighted by Crippen LogP contribution is -2.15. The van der Waals surface area contributed by atoms with Gasteiger partial charge in [-0.3, -0.25) is 0 Å². The van der Waals surface area contributed by atoms with E-state index < -0.39 is 5.97 Å². The summed E-state index contributed by atoms with van der Waals surface area (Å²) in [4.78, 5) is 11.0. The van der Waals surface area contributed by atoms with E-state index in [1.165, 1.54) is 11.5 Å². The SMILES string of the molecule is Cc1nsc(NCC2CCOC2)c1C(=O)O. The van der Waals surface area contributed by atoms with E-state index in [1.807, 2.05) is 0 Å². The molecule has 88 valence electrons. The van der Waals surface area contributed by atoms with Gasteiger partial charge in [0.1, 0.15) is 10.6 Å². The molecule has 2 heterocycles. The Hall–Kier alpha value is -1.14. The quantitative estimate of drug-likeness (QED) is 0.839. The molecule has 1 atom stereocenters. The molecule has 1 fully saturated rings. The van der Waals surface area contributed by atoms with Gasteiger partial charge in [-0.2, -0.15) is 4.37 Å². The standard InChI is InChI=1S/C10H14N2O3S/c1-6-8(10(13)14)9(16-12-6)11-4-7-2-3-15-5-7/h7,11H,2-5H2,1H3,(H,13,14). The third kappa shape index (κ3) is 2.33. The van der Waals surface area contributed by atoms with E-state index in [4.69, 9.17) is 9.84 Å². The molecule has 1 aromatic rings. The van der Waals surface area contributed by atoms with Crippen LogP contribution >= 0.6 is 11.5 Å². The molecule has 1 aliphatic rings. The summed E-state index contributed by atoms with van der Waals surface area (Å²) in [7, 11) is 0. The molecule has 0 radical (unpaired) electrons. The van der Waals surface area contributed by atoms with E-state index in [9.17, 15) is 4.79 Å². The van der Waals surface area contributed by atoms with Gasteiger partial charge in [-0.15, -0.1) is 0 Å². The Morgan fingerprint density at radius 3 is 3.19 bits per heavy atom. The molecule has 0 aromatic carbocycles. The highest BCUT2D eigenvalue weighted by Gasteiger charge is 2.20. The first-order valence-electron chi connectivity index (χ1n) is 5.19. The van der Waals surface area contributed by atoms with Crippen LogP contribution in [-0.4, -0.2) is 35.2 Å². The Kier molecular flexibility index (Phi) is 3.40. The number of anilines is 1. The number of aromatic nitrogens is 1. The summed E-state index contributed by atoms with van der Waals surface area (Å²) < 4.78 is 9.31. The molecule has 6 heteroatoms. The molecular weight excluding hydrogens is 228 g/mol. The Morgan fingerprint density at radius 1 is 1.75 bits per heavy atom. The van der Waals surface area contributed by atoms with Crippen LogP contribution in [0.1, 0.15) is 22.5 Å². The van der Waals surface area contributed by atoms with Crippen molar-refractivity contribution in [2.75, 3.05) is 25.1 Å². The smallest absolute Gasteiger partial charge is 0.340 e. The normalized spacial score (nSPS) is 19.9. The van der Waals surface area contributed by atoms with Crippen LogP contribution < -0.4 is 5.32 Å². The molecule has 16 heavy (non-hydrogen) atoms. The van der Waals surface area contributed by atoms with Gasteiger partial charge in [0.25, 0.3) is 0 Å². The van der Waals surface area contributed by atoms with Gasteiger partial charge in [-0.05, 0) is 24.9 Å².